The second-order valence-electron chi connectivity index (χ2n) is 6.00. The Morgan fingerprint density at radius 1 is 1.19 bits per heavy atom. The highest BCUT2D eigenvalue weighted by molar-refractivity contribution is 6.01. The van der Waals surface area contributed by atoms with Crippen LogP contribution in [0.2, 0.25) is 0 Å². The predicted molar refractivity (Wildman–Crippen MR) is 94.3 cm³/mol. The fourth-order valence-corrected chi connectivity index (χ4v) is 3.14. The number of amides is 1. The third-order valence-electron chi connectivity index (χ3n) is 4.42. The fraction of sp³-hybridized carbons (Fsp3) is 0.150. The van der Waals surface area contributed by atoms with Crippen molar-refractivity contribution in [2.24, 2.45) is 0 Å². The van der Waals surface area contributed by atoms with Crippen LogP contribution in [0, 0.1) is 5.82 Å². The summed E-state index contributed by atoms with van der Waals surface area (Å²) in [6.45, 7) is 0.269. The monoisotopic (exact) mass is 352 g/mol. The van der Waals surface area contributed by atoms with Crippen molar-refractivity contribution in [2.75, 3.05) is 12.4 Å². The van der Waals surface area contributed by atoms with Crippen LogP contribution in [0.4, 0.5) is 10.1 Å². The lowest BCUT2D eigenvalue weighted by Gasteiger charge is -2.37. The van der Waals surface area contributed by atoms with Gasteiger partial charge in [0.05, 0.1) is 25.5 Å². The number of carbonyl (C=O) groups is 1. The first-order valence-electron chi connectivity index (χ1n) is 8.19. The molecule has 0 aliphatic carbocycles. The Labute approximate surface area is 150 Å². The first-order chi connectivity index (χ1) is 12.7. The Kier molecular flexibility index (Phi) is 4.08. The van der Waals surface area contributed by atoms with Gasteiger partial charge in [-0.15, -0.1) is 0 Å². The number of para-hydroxylation sites is 1. The van der Waals surface area contributed by atoms with Gasteiger partial charge in [0.25, 0.3) is 5.91 Å². The summed E-state index contributed by atoms with van der Waals surface area (Å²) < 4.78 is 24.6. The zero-order chi connectivity index (χ0) is 18.1. The zero-order valence-corrected chi connectivity index (χ0v) is 14.1. The van der Waals surface area contributed by atoms with E-state index in [9.17, 15) is 9.18 Å². The molecule has 0 radical (unpaired) electrons. The summed E-state index contributed by atoms with van der Waals surface area (Å²) in [5.74, 6) is 0.195. The summed E-state index contributed by atoms with van der Waals surface area (Å²) in [6, 6.07) is 15.5. The molecule has 132 valence electrons. The van der Waals surface area contributed by atoms with E-state index >= 15 is 0 Å². The fourth-order valence-electron chi connectivity index (χ4n) is 3.14. The number of nitrogens with one attached hydrogen (secondary N) is 1. The number of nitrogens with zero attached hydrogens (tertiary/aromatic N) is 1. The number of fused-ring (bicyclic) bond motifs is 1. The lowest BCUT2D eigenvalue weighted by atomic mass is 10.0. The van der Waals surface area contributed by atoms with E-state index < -0.39 is 12.0 Å². The third-order valence-corrected chi connectivity index (χ3v) is 4.42. The second-order valence-corrected chi connectivity index (χ2v) is 6.00. The van der Waals surface area contributed by atoms with Crippen LogP contribution in [0.1, 0.15) is 27.8 Å². The van der Waals surface area contributed by atoms with Crippen LogP contribution in [0.5, 0.6) is 5.75 Å². The number of anilines is 1. The van der Waals surface area contributed by atoms with Gasteiger partial charge in [-0.2, -0.15) is 0 Å². The molecule has 5 nitrogen and oxygen atoms in total. The standard InChI is InChI=1S/C20H17FN2O3/c1-25-18-9-8-13(11-16(18)21)19-22-17-7-3-2-6-15(17)20(24)23(19)12-14-5-4-10-26-14/h2-11,19,22H,12H2,1H3/t19-/m0/s1. The summed E-state index contributed by atoms with van der Waals surface area (Å²) in [4.78, 5) is 14.7. The molecule has 26 heavy (non-hydrogen) atoms. The van der Waals surface area contributed by atoms with Gasteiger partial charge in [0.15, 0.2) is 11.6 Å². The molecule has 6 heteroatoms. The highest BCUT2D eigenvalue weighted by atomic mass is 19.1. The Balaban J connectivity index is 1.76. The summed E-state index contributed by atoms with van der Waals surface area (Å²) in [5, 5.41) is 3.33. The number of benzene rings is 2. The smallest absolute Gasteiger partial charge is 0.258 e. The van der Waals surface area contributed by atoms with E-state index in [2.05, 4.69) is 5.32 Å². The van der Waals surface area contributed by atoms with E-state index in [1.807, 2.05) is 18.2 Å². The maximum Gasteiger partial charge on any atom is 0.258 e. The SMILES string of the molecule is COc1ccc([C@H]2Nc3ccccc3C(=O)N2Cc2ccco2)cc1F. The van der Waals surface area contributed by atoms with E-state index in [1.54, 1.807) is 41.5 Å². The van der Waals surface area contributed by atoms with Gasteiger partial charge in [0.1, 0.15) is 11.9 Å². The maximum atomic E-state index is 14.2. The highest BCUT2D eigenvalue weighted by Gasteiger charge is 2.33. The number of ether oxygens (including phenoxy) is 1. The molecule has 2 heterocycles. The number of halogens is 1. The van der Waals surface area contributed by atoms with Gasteiger partial charge in [0.2, 0.25) is 0 Å². The van der Waals surface area contributed by atoms with Gasteiger partial charge in [-0.3, -0.25) is 4.79 Å². The van der Waals surface area contributed by atoms with Crippen molar-refractivity contribution in [1.82, 2.24) is 4.90 Å². The van der Waals surface area contributed by atoms with Crippen molar-refractivity contribution in [3.8, 4) is 5.75 Å². The molecular weight excluding hydrogens is 335 g/mol. The largest absolute Gasteiger partial charge is 0.494 e. The molecule has 0 fully saturated rings. The molecule has 1 N–H and O–H groups in total. The van der Waals surface area contributed by atoms with Crippen molar-refractivity contribution >= 4 is 11.6 Å². The van der Waals surface area contributed by atoms with E-state index in [0.717, 1.165) is 5.69 Å². The number of hydrogen-bond donors (Lipinski definition) is 1. The number of hydrogen-bond acceptors (Lipinski definition) is 4. The predicted octanol–water partition coefficient (Wildman–Crippen LogP) is 4.19. The summed E-state index contributed by atoms with van der Waals surface area (Å²) >= 11 is 0. The van der Waals surface area contributed by atoms with Crippen molar-refractivity contribution in [3.63, 3.8) is 0 Å². The molecule has 0 unspecified atom stereocenters. The van der Waals surface area contributed by atoms with Crippen LogP contribution < -0.4 is 10.1 Å². The normalized spacial score (nSPS) is 16.2. The Hall–Kier alpha value is -3.28. The molecule has 2 aromatic carbocycles. The topological polar surface area (TPSA) is 54.7 Å². The van der Waals surface area contributed by atoms with Crippen molar-refractivity contribution in [2.45, 2.75) is 12.7 Å². The second kappa shape index (κ2) is 6.55. The average Bonchev–Trinajstić information content (AvgIpc) is 3.17. The quantitative estimate of drug-likeness (QED) is 0.765. The third kappa shape index (κ3) is 2.79. The van der Waals surface area contributed by atoms with Gasteiger partial charge in [-0.25, -0.2) is 4.39 Å². The van der Waals surface area contributed by atoms with E-state index in [-0.39, 0.29) is 18.2 Å². The first-order valence-corrected chi connectivity index (χ1v) is 8.19. The van der Waals surface area contributed by atoms with Crippen LogP contribution in [0.15, 0.2) is 65.3 Å². The molecule has 0 saturated heterocycles. The lowest BCUT2D eigenvalue weighted by Crippen LogP contribution is -2.42. The lowest BCUT2D eigenvalue weighted by molar-refractivity contribution is 0.0651. The van der Waals surface area contributed by atoms with Gasteiger partial charge in [0, 0.05) is 5.69 Å². The van der Waals surface area contributed by atoms with Crippen molar-refractivity contribution < 1.29 is 18.3 Å². The van der Waals surface area contributed by atoms with E-state index in [1.165, 1.54) is 13.2 Å². The zero-order valence-electron chi connectivity index (χ0n) is 14.1. The number of methoxy groups -OCH3 is 1. The van der Waals surface area contributed by atoms with Crippen LogP contribution in [-0.4, -0.2) is 17.9 Å². The van der Waals surface area contributed by atoms with Crippen molar-refractivity contribution in [3.05, 3.63) is 83.6 Å². The van der Waals surface area contributed by atoms with Gasteiger partial charge in [-0.05, 0) is 42.0 Å². The number of furan rings is 1. The van der Waals surface area contributed by atoms with Gasteiger partial charge >= 0.3 is 0 Å². The number of rotatable bonds is 4. The van der Waals surface area contributed by atoms with Crippen molar-refractivity contribution in [1.29, 1.82) is 0 Å². The molecule has 1 aromatic heterocycles. The molecule has 0 bridgehead atoms. The Morgan fingerprint density at radius 2 is 2.04 bits per heavy atom. The Morgan fingerprint density at radius 3 is 2.77 bits per heavy atom. The molecule has 0 spiro atoms. The minimum absolute atomic E-state index is 0.142. The molecule has 1 aliphatic rings. The van der Waals surface area contributed by atoms with Crippen LogP contribution in [-0.2, 0) is 6.54 Å². The molecule has 0 saturated carbocycles. The molecule has 3 aromatic rings. The molecule has 4 rings (SSSR count). The van der Waals surface area contributed by atoms with E-state index in [0.29, 0.717) is 16.9 Å². The highest BCUT2D eigenvalue weighted by Crippen LogP contribution is 2.35. The molecule has 1 atom stereocenters. The van der Waals surface area contributed by atoms with Crippen LogP contribution >= 0.6 is 0 Å². The minimum atomic E-state index is -0.525. The van der Waals surface area contributed by atoms with Crippen LogP contribution in [0.25, 0.3) is 0 Å². The van der Waals surface area contributed by atoms with Gasteiger partial charge in [-0.1, -0.05) is 18.2 Å². The summed E-state index contributed by atoms with van der Waals surface area (Å²) in [6.07, 6.45) is 1.04. The minimum Gasteiger partial charge on any atom is -0.494 e. The van der Waals surface area contributed by atoms with Gasteiger partial charge < -0.3 is 19.4 Å². The maximum absolute atomic E-state index is 14.2. The van der Waals surface area contributed by atoms with E-state index in [4.69, 9.17) is 9.15 Å². The average molecular weight is 352 g/mol. The summed E-state index contributed by atoms with van der Waals surface area (Å²) in [5.41, 5.74) is 1.91. The molecule has 1 aliphatic heterocycles. The molecular formula is C20H17FN2O3. The first kappa shape index (κ1) is 16.2. The Bertz CT molecular complexity index is 940. The number of carbonyl (C=O) groups excluding carboxylic acids is 1. The van der Waals surface area contributed by atoms with Crippen LogP contribution in [0.3, 0.4) is 0 Å². The molecule has 1 amide bonds. The summed E-state index contributed by atoms with van der Waals surface area (Å²) in [7, 11) is 1.42.